The van der Waals surface area contributed by atoms with Gasteiger partial charge in [-0.1, -0.05) is 6.08 Å². The lowest BCUT2D eigenvalue weighted by Gasteiger charge is -1.96. The first-order valence-corrected chi connectivity index (χ1v) is 4.09. The van der Waals surface area contributed by atoms with Crippen molar-refractivity contribution < 1.29 is 4.42 Å². The number of aryl methyl sites for hydroxylation is 2. The molecule has 0 unspecified atom stereocenters. The molecule has 1 heterocycles. The minimum atomic E-state index is 0.579. The molecule has 0 aliphatic carbocycles. The van der Waals surface area contributed by atoms with Crippen molar-refractivity contribution in [3.05, 3.63) is 29.2 Å². The average molecular weight is 165 g/mol. The Kier molecular flexibility index (Phi) is 2.71. The lowest BCUT2D eigenvalue weighted by Crippen LogP contribution is -1.94. The highest BCUT2D eigenvalue weighted by molar-refractivity contribution is 5.65. The third-order valence-corrected chi connectivity index (χ3v) is 1.89. The van der Waals surface area contributed by atoms with Gasteiger partial charge in [0.25, 0.3) is 0 Å². The van der Waals surface area contributed by atoms with Crippen LogP contribution in [0, 0.1) is 13.8 Å². The van der Waals surface area contributed by atoms with E-state index in [1.54, 1.807) is 0 Å². The Bertz CT molecular complexity index is 297. The molecule has 1 aromatic heterocycles. The molecule has 2 heteroatoms. The number of allylic oxidation sites excluding steroid dienone is 1. The Balaban J connectivity index is 3.02. The zero-order chi connectivity index (χ0) is 9.14. The van der Waals surface area contributed by atoms with Crippen LogP contribution >= 0.6 is 0 Å². The van der Waals surface area contributed by atoms with Gasteiger partial charge in [-0.05, 0) is 32.4 Å². The van der Waals surface area contributed by atoms with E-state index in [0.717, 1.165) is 17.1 Å². The van der Waals surface area contributed by atoms with Crippen LogP contribution in [0.5, 0.6) is 0 Å². The molecule has 0 atom stereocenters. The number of hydrogen-bond acceptors (Lipinski definition) is 2. The normalized spacial score (nSPS) is 12.2. The fourth-order valence-electron chi connectivity index (χ4n) is 1.31. The van der Waals surface area contributed by atoms with Gasteiger partial charge in [0.05, 0.1) is 0 Å². The van der Waals surface area contributed by atoms with E-state index in [1.165, 1.54) is 5.57 Å². The van der Waals surface area contributed by atoms with Crippen molar-refractivity contribution in [1.82, 2.24) is 0 Å². The summed E-state index contributed by atoms with van der Waals surface area (Å²) in [7, 11) is 0. The zero-order valence-corrected chi connectivity index (χ0v) is 7.85. The van der Waals surface area contributed by atoms with Crippen LogP contribution in [0.25, 0.3) is 5.57 Å². The summed E-state index contributed by atoms with van der Waals surface area (Å²) < 4.78 is 5.40. The Morgan fingerprint density at radius 2 is 2.25 bits per heavy atom. The molecule has 1 rings (SSSR count). The third kappa shape index (κ3) is 1.77. The maximum absolute atomic E-state index is 5.42. The molecule has 0 aliphatic rings. The van der Waals surface area contributed by atoms with Crippen LogP contribution in [0.15, 0.2) is 16.6 Å². The Hall–Kier alpha value is -1.02. The number of hydrogen-bond donors (Lipinski definition) is 1. The Morgan fingerprint density at radius 3 is 2.67 bits per heavy atom. The summed E-state index contributed by atoms with van der Waals surface area (Å²) >= 11 is 0. The zero-order valence-electron chi connectivity index (χ0n) is 7.85. The molecule has 2 nitrogen and oxygen atoms in total. The molecule has 0 aromatic carbocycles. The van der Waals surface area contributed by atoms with E-state index in [-0.39, 0.29) is 0 Å². The standard InChI is InChI=1S/C10H15NO/c1-7(4-5-11)10-6-8(2)12-9(10)3/h4,6H,5,11H2,1-3H3. The molecule has 0 amide bonds. The summed E-state index contributed by atoms with van der Waals surface area (Å²) in [6.45, 7) is 6.54. The van der Waals surface area contributed by atoms with Crippen molar-refractivity contribution in [3.63, 3.8) is 0 Å². The van der Waals surface area contributed by atoms with Crippen LogP contribution in [0.1, 0.15) is 24.0 Å². The van der Waals surface area contributed by atoms with Gasteiger partial charge >= 0.3 is 0 Å². The van der Waals surface area contributed by atoms with Crippen molar-refractivity contribution in [3.8, 4) is 0 Å². The molecule has 1 aromatic rings. The molecule has 0 saturated carbocycles. The maximum Gasteiger partial charge on any atom is 0.108 e. The summed E-state index contributed by atoms with van der Waals surface area (Å²) in [4.78, 5) is 0. The molecule has 0 radical (unpaired) electrons. The summed E-state index contributed by atoms with van der Waals surface area (Å²) in [5, 5.41) is 0. The first-order chi connectivity index (χ1) is 5.65. The molecule has 2 N–H and O–H groups in total. The summed E-state index contributed by atoms with van der Waals surface area (Å²) in [6, 6.07) is 2.04. The van der Waals surface area contributed by atoms with E-state index >= 15 is 0 Å². The van der Waals surface area contributed by atoms with Gasteiger partial charge in [0.15, 0.2) is 0 Å². The topological polar surface area (TPSA) is 39.2 Å². The van der Waals surface area contributed by atoms with E-state index in [1.807, 2.05) is 32.9 Å². The maximum atomic E-state index is 5.42. The second-order valence-electron chi connectivity index (χ2n) is 2.95. The van der Waals surface area contributed by atoms with E-state index < -0.39 is 0 Å². The van der Waals surface area contributed by atoms with Crippen LogP contribution in [0.4, 0.5) is 0 Å². The number of nitrogens with two attached hydrogens (primary N) is 1. The quantitative estimate of drug-likeness (QED) is 0.730. The van der Waals surface area contributed by atoms with Crippen LogP contribution in [-0.4, -0.2) is 6.54 Å². The highest BCUT2D eigenvalue weighted by Crippen LogP contribution is 2.21. The first kappa shape index (κ1) is 9.07. The molecule has 0 aliphatic heterocycles. The second-order valence-corrected chi connectivity index (χ2v) is 2.95. The third-order valence-electron chi connectivity index (χ3n) is 1.89. The monoisotopic (exact) mass is 165 g/mol. The van der Waals surface area contributed by atoms with Gasteiger partial charge in [-0.15, -0.1) is 0 Å². The van der Waals surface area contributed by atoms with Crippen molar-refractivity contribution in [2.75, 3.05) is 6.54 Å². The SMILES string of the molecule is CC(=CCN)c1cc(C)oc1C. The fraction of sp³-hybridized carbons (Fsp3) is 0.400. The summed E-state index contributed by atoms with van der Waals surface area (Å²) in [6.07, 6.45) is 2.00. The lowest BCUT2D eigenvalue weighted by molar-refractivity contribution is 0.504. The van der Waals surface area contributed by atoms with Crippen LogP contribution in [-0.2, 0) is 0 Å². The van der Waals surface area contributed by atoms with Gasteiger partial charge in [-0.2, -0.15) is 0 Å². The Morgan fingerprint density at radius 1 is 1.58 bits per heavy atom. The molecular formula is C10H15NO. The van der Waals surface area contributed by atoms with Crippen molar-refractivity contribution in [2.24, 2.45) is 5.73 Å². The van der Waals surface area contributed by atoms with E-state index in [0.29, 0.717) is 6.54 Å². The second kappa shape index (κ2) is 3.59. The van der Waals surface area contributed by atoms with E-state index in [2.05, 4.69) is 0 Å². The molecule has 12 heavy (non-hydrogen) atoms. The lowest BCUT2D eigenvalue weighted by atomic mass is 10.1. The van der Waals surface area contributed by atoms with Crippen molar-refractivity contribution in [2.45, 2.75) is 20.8 Å². The first-order valence-electron chi connectivity index (χ1n) is 4.09. The van der Waals surface area contributed by atoms with Crippen molar-refractivity contribution in [1.29, 1.82) is 0 Å². The molecule has 0 fully saturated rings. The largest absolute Gasteiger partial charge is 0.466 e. The van der Waals surface area contributed by atoms with Gasteiger partial charge < -0.3 is 10.2 Å². The highest BCUT2D eigenvalue weighted by Gasteiger charge is 2.04. The van der Waals surface area contributed by atoms with E-state index in [9.17, 15) is 0 Å². The van der Waals surface area contributed by atoms with E-state index in [4.69, 9.17) is 10.2 Å². The predicted molar refractivity (Wildman–Crippen MR) is 50.9 cm³/mol. The van der Waals surface area contributed by atoms with Crippen LogP contribution in [0.2, 0.25) is 0 Å². The number of rotatable bonds is 2. The predicted octanol–water partition coefficient (Wildman–Crippen LogP) is 2.26. The molecule has 0 bridgehead atoms. The minimum absolute atomic E-state index is 0.579. The van der Waals surface area contributed by atoms with Crippen LogP contribution < -0.4 is 5.73 Å². The summed E-state index contributed by atoms with van der Waals surface area (Å²) in [5.41, 5.74) is 7.77. The minimum Gasteiger partial charge on any atom is -0.466 e. The highest BCUT2D eigenvalue weighted by atomic mass is 16.3. The van der Waals surface area contributed by atoms with Gasteiger partial charge in [-0.3, -0.25) is 0 Å². The molecular weight excluding hydrogens is 150 g/mol. The molecule has 66 valence electrons. The van der Waals surface area contributed by atoms with Crippen molar-refractivity contribution >= 4 is 5.57 Å². The average Bonchev–Trinajstić information content (AvgIpc) is 2.30. The van der Waals surface area contributed by atoms with Gasteiger partial charge in [-0.25, -0.2) is 0 Å². The van der Waals surface area contributed by atoms with Gasteiger partial charge in [0, 0.05) is 12.1 Å². The van der Waals surface area contributed by atoms with Gasteiger partial charge in [0.2, 0.25) is 0 Å². The Labute approximate surface area is 73.1 Å². The van der Waals surface area contributed by atoms with Crippen LogP contribution in [0.3, 0.4) is 0 Å². The molecule has 0 spiro atoms. The number of furan rings is 1. The molecule has 0 saturated heterocycles. The smallest absolute Gasteiger partial charge is 0.108 e. The fourth-order valence-corrected chi connectivity index (χ4v) is 1.31. The summed E-state index contributed by atoms with van der Waals surface area (Å²) in [5.74, 6) is 1.92. The van der Waals surface area contributed by atoms with Gasteiger partial charge in [0.1, 0.15) is 11.5 Å².